The van der Waals surface area contributed by atoms with Crippen LogP contribution in [-0.4, -0.2) is 13.6 Å². The van der Waals surface area contributed by atoms with E-state index in [1.54, 1.807) is 0 Å². The summed E-state index contributed by atoms with van der Waals surface area (Å²) in [5.41, 5.74) is 0. The summed E-state index contributed by atoms with van der Waals surface area (Å²) in [6.07, 6.45) is 0. The monoisotopic (exact) mass is 174 g/mol. The van der Waals surface area contributed by atoms with E-state index in [1.165, 1.54) is 0 Å². The summed E-state index contributed by atoms with van der Waals surface area (Å²) in [6.45, 7) is -0.142. The molecule has 9 heavy (non-hydrogen) atoms. The number of hydrogen-bond acceptors (Lipinski definition) is 5. The van der Waals surface area contributed by atoms with Crippen LogP contribution in [0.5, 0.6) is 0 Å². The first-order valence-electron chi connectivity index (χ1n) is 2.10. The number of rotatable bonds is 6. The zero-order valence-corrected chi connectivity index (χ0v) is 6.92. The Bertz CT molecular complexity index is 75.0. The third-order valence-corrected chi connectivity index (χ3v) is 0.983. The van der Waals surface area contributed by atoms with Gasteiger partial charge >= 0.3 is 0 Å². The molecule has 56 valence electrons. The molecule has 0 aliphatic heterocycles. The fraction of sp³-hybridized carbons (Fsp3) is 1.00. The Hall–Kier alpha value is 0.340. The summed E-state index contributed by atoms with van der Waals surface area (Å²) in [6, 6.07) is 0. The topological polar surface area (TPSA) is 61.8 Å². The Morgan fingerprint density at radius 1 is 1.00 bits per heavy atom. The van der Waals surface area contributed by atoms with Crippen molar-refractivity contribution < 1.29 is 22.9 Å². The first kappa shape index (κ1) is 9.34. The summed E-state index contributed by atoms with van der Waals surface area (Å²) in [4.78, 5) is 0. The van der Waals surface area contributed by atoms with Crippen LogP contribution in [0.3, 0.4) is 0 Å². The molecule has 0 saturated heterocycles. The van der Waals surface area contributed by atoms with Crippen molar-refractivity contribution in [3.05, 3.63) is 0 Å². The molecule has 2 unspecified atom stereocenters. The molecule has 0 spiro atoms. The molecular weight excluding hydrogens is 166 g/mol. The van der Waals surface area contributed by atoms with Crippen molar-refractivity contribution in [1.29, 1.82) is 0 Å². The summed E-state index contributed by atoms with van der Waals surface area (Å²) in [5.74, 6) is 0. The first-order chi connectivity index (χ1) is 4.41. The molecule has 0 aromatic heterocycles. The van der Waals surface area contributed by atoms with Crippen LogP contribution in [0.2, 0.25) is 0 Å². The molecule has 0 radical (unpaired) electrons. The van der Waals surface area contributed by atoms with E-state index >= 15 is 0 Å². The van der Waals surface area contributed by atoms with Crippen LogP contribution >= 0.6 is 17.4 Å². The SMILES string of the molecule is O=[PH2]OCOCO[PH2]=O. The van der Waals surface area contributed by atoms with E-state index in [1.807, 2.05) is 0 Å². The lowest BCUT2D eigenvalue weighted by atomic mass is 11.4. The molecule has 0 heterocycles. The van der Waals surface area contributed by atoms with Crippen molar-refractivity contribution in [3.8, 4) is 0 Å². The van der Waals surface area contributed by atoms with Gasteiger partial charge in [0.2, 0.25) is 0 Å². The van der Waals surface area contributed by atoms with Gasteiger partial charge in [-0.2, -0.15) is 0 Å². The standard InChI is InChI=1S/C2H8O5P2/c3-8-6-1-5-2-7-9-4/h1-2,8-9H2. The van der Waals surface area contributed by atoms with Gasteiger partial charge in [0.05, 0.1) is 0 Å². The van der Waals surface area contributed by atoms with Gasteiger partial charge in [-0.1, -0.05) is 0 Å². The van der Waals surface area contributed by atoms with Crippen LogP contribution in [0.4, 0.5) is 0 Å². The number of hydrogen-bond donors (Lipinski definition) is 0. The van der Waals surface area contributed by atoms with Crippen molar-refractivity contribution in [2.75, 3.05) is 13.6 Å². The summed E-state index contributed by atoms with van der Waals surface area (Å²) >= 11 is 0. The van der Waals surface area contributed by atoms with Crippen LogP contribution < -0.4 is 0 Å². The van der Waals surface area contributed by atoms with Crippen LogP contribution in [0, 0.1) is 0 Å². The maximum absolute atomic E-state index is 9.65. The van der Waals surface area contributed by atoms with Gasteiger partial charge in [0.25, 0.3) is 0 Å². The molecule has 0 amide bonds. The molecule has 2 atom stereocenters. The fourth-order valence-electron chi connectivity index (χ4n) is 0.186. The number of ether oxygens (including phenoxy) is 1. The van der Waals surface area contributed by atoms with Crippen molar-refractivity contribution in [1.82, 2.24) is 0 Å². The molecule has 0 aliphatic carbocycles. The third-order valence-electron chi connectivity index (χ3n) is 0.439. The molecule has 7 heteroatoms. The average molecular weight is 174 g/mol. The molecule has 0 aromatic rings. The van der Waals surface area contributed by atoms with E-state index in [9.17, 15) is 9.13 Å². The Morgan fingerprint density at radius 2 is 1.44 bits per heavy atom. The normalized spacial score (nSPS) is 12.4. The molecule has 0 aromatic carbocycles. The van der Waals surface area contributed by atoms with Crippen LogP contribution in [0.25, 0.3) is 0 Å². The zero-order valence-electron chi connectivity index (χ0n) is 4.61. The fourth-order valence-corrected chi connectivity index (χ4v) is 0.489. The van der Waals surface area contributed by atoms with Gasteiger partial charge in [0.15, 0.2) is 31.0 Å². The predicted molar refractivity (Wildman–Crippen MR) is 33.8 cm³/mol. The Balaban J connectivity index is 2.74. The lowest BCUT2D eigenvalue weighted by Gasteiger charge is -1.96. The maximum atomic E-state index is 9.65. The lowest BCUT2D eigenvalue weighted by Crippen LogP contribution is -1.94. The molecule has 0 saturated carbocycles. The van der Waals surface area contributed by atoms with Gasteiger partial charge in [-0.15, -0.1) is 0 Å². The van der Waals surface area contributed by atoms with Crippen molar-refractivity contribution in [3.63, 3.8) is 0 Å². The predicted octanol–water partition coefficient (Wildman–Crippen LogP) is 0.294. The van der Waals surface area contributed by atoms with Crippen molar-refractivity contribution >= 4 is 17.4 Å². The maximum Gasteiger partial charge on any atom is 0.182 e. The second-order valence-electron chi connectivity index (χ2n) is 0.966. The molecular formula is C2H8O5P2. The summed E-state index contributed by atoms with van der Waals surface area (Å²) in [5, 5.41) is 0. The van der Waals surface area contributed by atoms with Gasteiger partial charge < -0.3 is 13.8 Å². The van der Waals surface area contributed by atoms with Crippen molar-refractivity contribution in [2.45, 2.75) is 0 Å². The van der Waals surface area contributed by atoms with E-state index in [2.05, 4.69) is 13.8 Å². The summed E-state index contributed by atoms with van der Waals surface area (Å²) < 4.78 is 32.4. The molecule has 0 N–H and O–H groups in total. The molecule has 0 aliphatic rings. The minimum absolute atomic E-state index is 0.0712. The van der Waals surface area contributed by atoms with Crippen LogP contribution in [-0.2, 0) is 22.9 Å². The van der Waals surface area contributed by atoms with E-state index in [4.69, 9.17) is 0 Å². The Morgan fingerprint density at radius 3 is 1.78 bits per heavy atom. The lowest BCUT2D eigenvalue weighted by molar-refractivity contribution is -0.0445. The highest BCUT2D eigenvalue weighted by atomic mass is 31.1. The zero-order chi connectivity index (χ0) is 6.95. The highest BCUT2D eigenvalue weighted by Gasteiger charge is 1.81. The van der Waals surface area contributed by atoms with Crippen molar-refractivity contribution in [2.24, 2.45) is 0 Å². The molecule has 0 fully saturated rings. The molecule has 0 rings (SSSR count). The van der Waals surface area contributed by atoms with E-state index in [0.717, 1.165) is 0 Å². The van der Waals surface area contributed by atoms with Crippen LogP contribution in [0.1, 0.15) is 0 Å². The minimum atomic E-state index is -1.23. The van der Waals surface area contributed by atoms with E-state index in [-0.39, 0.29) is 13.6 Å². The average Bonchev–Trinajstić information content (AvgIpc) is 1.89. The second-order valence-corrected chi connectivity index (χ2v) is 2.02. The van der Waals surface area contributed by atoms with Gasteiger partial charge in [-0.25, -0.2) is 0 Å². The highest BCUT2D eigenvalue weighted by Crippen LogP contribution is 1.96. The third kappa shape index (κ3) is 8.34. The van der Waals surface area contributed by atoms with Gasteiger partial charge in [0.1, 0.15) is 0 Å². The minimum Gasteiger partial charge on any atom is -0.329 e. The molecule has 5 nitrogen and oxygen atoms in total. The van der Waals surface area contributed by atoms with E-state index < -0.39 is 17.4 Å². The Kier molecular flexibility index (Phi) is 8.66. The smallest absolute Gasteiger partial charge is 0.182 e. The van der Waals surface area contributed by atoms with Gasteiger partial charge in [-0.3, -0.25) is 9.13 Å². The first-order valence-corrected chi connectivity index (χ1v) is 3.98. The summed E-state index contributed by atoms with van der Waals surface area (Å²) in [7, 11) is -2.45. The molecule has 0 bridgehead atoms. The second kappa shape index (κ2) is 8.34. The highest BCUT2D eigenvalue weighted by molar-refractivity contribution is 7.17. The quantitative estimate of drug-likeness (QED) is 0.329. The van der Waals surface area contributed by atoms with Gasteiger partial charge in [-0.05, 0) is 0 Å². The van der Waals surface area contributed by atoms with Crippen LogP contribution in [0.15, 0.2) is 0 Å². The van der Waals surface area contributed by atoms with E-state index in [0.29, 0.717) is 0 Å². The largest absolute Gasteiger partial charge is 0.329 e. The Labute approximate surface area is 54.9 Å². The van der Waals surface area contributed by atoms with Gasteiger partial charge in [0, 0.05) is 0 Å².